The van der Waals surface area contributed by atoms with Crippen molar-refractivity contribution in [3.05, 3.63) is 0 Å². The van der Waals surface area contributed by atoms with E-state index in [0.29, 0.717) is 19.3 Å². The van der Waals surface area contributed by atoms with Crippen LogP contribution in [0.5, 0.6) is 0 Å². The van der Waals surface area contributed by atoms with Gasteiger partial charge in [0.2, 0.25) is 5.91 Å². The van der Waals surface area contributed by atoms with Crippen molar-refractivity contribution in [2.75, 3.05) is 0 Å². The van der Waals surface area contributed by atoms with Gasteiger partial charge >= 0.3 is 5.97 Å². The van der Waals surface area contributed by atoms with E-state index in [4.69, 9.17) is 5.73 Å². The van der Waals surface area contributed by atoms with Gasteiger partial charge in [0.25, 0.3) is 0 Å². The third kappa shape index (κ3) is 2.11. The first-order chi connectivity index (χ1) is 8.38. The van der Waals surface area contributed by atoms with Crippen LogP contribution in [0.4, 0.5) is 0 Å². The van der Waals surface area contributed by atoms with Gasteiger partial charge in [0.15, 0.2) is 0 Å². The van der Waals surface area contributed by atoms with Gasteiger partial charge in [-0.3, -0.25) is 9.59 Å². The molecule has 0 bridgehead atoms. The van der Waals surface area contributed by atoms with Crippen LogP contribution in [0.25, 0.3) is 0 Å². The minimum Gasteiger partial charge on any atom is -0.481 e. The van der Waals surface area contributed by atoms with E-state index in [9.17, 15) is 14.7 Å². The highest BCUT2D eigenvalue weighted by atomic mass is 16.4. The minimum atomic E-state index is -0.853. The molecule has 2 aliphatic carbocycles. The van der Waals surface area contributed by atoms with Crippen LogP contribution in [0.2, 0.25) is 0 Å². The fraction of sp³-hybridized carbons (Fsp3) is 0.846. The molecule has 2 aliphatic rings. The molecule has 0 aliphatic heterocycles. The summed E-state index contributed by atoms with van der Waals surface area (Å²) < 4.78 is 0. The summed E-state index contributed by atoms with van der Waals surface area (Å²) in [5, 5.41) is 12.3. The fourth-order valence-corrected chi connectivity index (χ4v) is 2.91. The standard InChI is InChI=1S/C13H22N2O3/c1-12(11(17)18)6-3-2-5-9(12)15-10(16)13(14)7-4-8-13/h9H,2-8,14H2,1H3,(H,15,16)(H,17,18). The highest BCUT2D eigenvalue weighted by Crippen LogP contribution is 2.37. The lowest BCUT2D eigenvalue weighted by Crippen LogP contribution is -2.63. The first kappa shape index (κ1) is 13.3. The summed E-state index contributed by atoms with van der Waals surface area (Å²) in [6.07, 6.45) is 5.60. The van der Waals surface area contributed by atoms with Crippen LogP contribution in [0, 0.1) is 5.41 Å². The minimum absolute atomic E-state index is 0.173. The molecule has 0 radical (unpaired) electrons. The monoisotopic (exact) mass is 254 g/mol. The normalized spacial score (nSPS) is 34.4. The molecule has 0 aromatic heterocycles. The second-order valence-electron chi connectivity index (χ2n) is 6.00. The number of nitrogens with two attached hydrogens (primary N) is 1. The Balaban J connectivity index is 2.06. The molecule has 2 saturated carbocycles. The van der Waals surface area contributed by atoms with Crippen LogP contribution in [-0.2, 0) is 9.59 Å². The Morgan fingerprint density at radius 2 is 1.89 bits per heavy atom. The van der Waals surface area contributed by atoms with Crippen molar-refractivity contribution in [3.63, 3.8) is 0 Å². The fourth-order valence-electron chi connectivity index (χ4n) is 2.91. The third-order valence-electron chi connectivity index (χ3n) is 4.70. The second kappa shape index (κ2) is 4.53. The zero-order chi connectivity index (χ0) is 13.4. The van der Waals surface area contributed by atoms with E-state index >= 15 is 0 Å². The Bertz CT molecular complexity index is 365. The van der Waals surface area contributed by atoms with E-state index in [-0.39, 0.29) is 11.9 Å². The molecule has 5 nitrogen and oxygen atoms in total. The van der Waals surface area contributed by atoms with Crippen LogP contribution in [0.3, 0.4) is 0 Å². The summed E-state index contributed by atoms with van der Waals surface area (Å²) in [6.45, 7) is 1.73. The summed E-state index contributed by atoms with van der Waals surface area (Å²) in [4.78, 5) is 23.5. The van der Waals surface area contributed by atoms with Crippen molar-refractivity contribution < 1.29 is 14.7 Å². The first-order valence-electron chi connectivity index (χ1n) is 6.72. The molecule has 0 aromatic rings. The molecule has 2 rings (SSSR count). The Kier molecular flexibility index (Phi) is 3.36. The van der Waals surface area contributed by atoms with E-state index in [1.165, 1.54) is 0 Å². The largest absolute Gasteiger partial charge is 0.481 e. The van der Waals surface area contributed by atoms with Gasteiger partial charge in [-0.2, -0.15) is 0 Å². The molecule has 0 spiro atoms. The van der Waals surface area contributed by atoms with Crippen molar-refractivity contribution in [3.8, 4) is 0 Å². The van der Waals surface area contributed by atoms with Crippen molar-refractivity contribution >= 4 is 11.9 Å². The number of carboxylic acids is 1. The molecule has 4 N–H and O–H groups in total. The summed E-state index contributed by atoms with van der Waals surface area (Å²) in [6, 6.07) is -0.294. The molecule has 0 saturated heterocycles. The van der Waals surface area contributed by atoms with Gasteiger partial charge in [0.05, 0.1) is 11.0 Å². The number of nitrogens with one attached hydrogen (secondary N) is 1. The van der Waals surface area contributed by atoms with Crippen LogP contribution >= 0.6 is 0 Å². The average molecular weight is 254 g/mol. The number of amides is 1. The van der Waals surface area contributed by atoms with E-state index in [2.05, 4.69) is 5.32 Å². The Labute approximate surface area is 107 Å². The number of rotatable bonds is 3. The smallest absolute Gasteiger partial charge is 0.311 e. The van der Waals surface area contributed by atoms with Crippen molar-refractivity contribution in [2.24, 2.45) is 11.1 Å². The van der Waals surface area contributed by atoms with E-state index in [1.807, 2.05) is 0 Å². The van der Waals surface area contributed by atoms with E-state index < -0.39 is 16.9 Å². The average Bonchev–Trinajstić information content (AvgIpc) is 2.28. The highest BCUT2D eigenvalue weighted by Gasteiger charge is 2.47. The molecule has 0 heterocycles. The molecule has 2 atom stereocenters. The van der Waals surface area contributed by atoms with Crippen molar-refractivity contribution in [1.82, 2.24) is 5.32 Å². The highest BCUT2D eigenvalue weighted by molar-refractivity contribution is 5.88. The zero-order valence-electron chi connectivity index (χ0n) is 10.9. The third-order valence-corrected chi connectivity index (χ3v) is 4.70. The van der Waals surface area contributed by atoms with Crippen molar-refractivity contribution in [1.29, 1.82) is 0 Å². The Morgan fingerprint density at radius 1 is 1.22 bits per heavy atom. The van der Waals surface area contributed by atoms with Gasteiger partial charge < -0.3 is 16.2 Å². The van der Waals surface area contributed by atoms with Gasteiger partial charge in [-0.25, -0.2) is 0 Å². The number of carbonyl (C=O) groups is 2. The molecule has 102 valence electrons. The van der Waals surface area contributed by atoms with Gasteiger partial charge in [0.1, 0.15) is 0 Å². The maximum absolute atomic E-state index is 12.1. The molecule has 2 unspecified atom stereocenters. The van der Waals surface area contributed by atoms with Crippen LogP contribution in [0.15, 0.2) is 0 Å². The molecule has 0 aromatic carbocycles. The maximum Gasteiger partial charge on any atom is 0.311 e. The maximum atomic E-state index is 12.1. The Morgan fingerprint density at radius 3 is 2.39 bits per heavy atom. The van der Waals surface area contributed by atoms with Crippen LogP contribution in [0.1, 0.15) is 51.9 Å². The van der Waals surface area contributed by atoms with E-state index in [1.54, 1.807) is 6.92 Å². The lowest BCUT2D eigenvalue weighted by atomic mass is 9.70. The summed E-state index contributed by atoms with van der Waals surface area (Å²) in [5.41, 5.74) is 4.36. The molecular formula is C13H22N2O3. The number of carbonyl (C=O) groups excluding carboxylic acids is 1. The molecule has 5 heteroatoms. The van der Waals surface area contributed by atoms with Gasteiger partial charge in [-0.1, -0.05) is 12.8 Å². The summed E-state index contributed by atoms with van der Waals surface area (Å²) >= 11 is 0. The number of carboxylic acid groups (broad SMARTS) is 1. The predicted octanol–water partition coefficient (Wildman–Crippen LogP) is 1.02. The molecule has 18 heavy (non-hydrogen) atoms. The van der Waals surface area contributed by atoms with Gasteiger partial charge in [-0.05, 0) is 39.0 Å². The lowest BCUT2D eigenvalue weighted by molar-refractivity contribution is -0.152. The summed E-state index contributed by atoms with van der Waals surface area (Å²) in [5.74, 6) is -1.000. The topological polar surface area (TPSA) is 92.4 Å². The number of aliphatic carboxylic acids is 1. The van der Waals surface area contributed by atoms with Crippen LogP contribution < -0.4 is 11.1 Å². The Hall–Kier alpha value is -1.10. The van der Waals surface area contributed by atoms with Crippen LogP contribution in [-0.4, -0.2) is 28.6 Å². The number of hydrogen-bond donors (Lipinski definition) is 3. The van der Waals surface area contributed by atoms with E-state index in [0.717, 1.165) is 25.7 Å². The number of hydrogen-bond acceptors (Lipinski definition) is 3. The second-order valence-corrected chi connectivity index (χ2v) is 6.00. The van der Waals surface area contributed by atoms with Crippen molar-refractivity contribution in [2.45, 2.75) is 63.5 Å². The lowest BCUT2D eigenvalue weighted by Gasteiger charge is -2.42. The molecule has 2 fully saturated rings. The predicted molar refractivity (Wildman–Crippen MR) is 66.9 cm³/mol. The first-order valence-corrected chi connectivity index (χ1v) is 6.72. The van der Waals surface area contributed by atoms with Gasteiger partial charge in [0, 0.05) is 6.04 Å². The SMILES string of the molecule is CC1(C(=O)O)CCCCC1NC(=O)C1(N)CCC1. The molecular weight excluding hydrogens is 232 g/mol. The quantitative estimate of drug-likeness (QED) is 0.701. The van der Waals surface area contributed by atoms with Gasteiger partial charge in [-0.15, -0.1) is 0 Å². The molecule has 1 amide bonds. The summed E-state index contributed by atoms with van der Waals surface area (Å²) in [7, 11) is 0. The zero-order valence-corrected chi connectivity index (χ0v) is 10.9.